The molecule has 0 N–H and O–H groups in total. The van der Waals surface area contributed by atoms with Crippen LogP contribution >= 0.6 is 0 Å². The zero-order valence-corrected chi connectivity index (χ0v) is 21.7. The van der Waals surface area contributed by atoms with E-state index in [4.69, 9.17) is 9.68 Å². The summed E-state index contributed by atoms with van der Waals surface area (Å²) in [7, 11) is 0. The molecule has 0 unspecified atom stereocenters. The molecule has 186 valence electrons. The Labute approximate surface area is 208 Å². The van der Waals surface area contributed by atoms with Crippen molar-refractivity contribution in [1.82, 2.24) is 0 Å². The summed E-state index contributed by atoms with van der Waals surface area (Å²) < 4.78 is 0. The molecule has 0 aromatic heterocycles. The fraction of sp³-hybridized carbons (Fsp3) is 0.448. The van der Waals surface area contributed by atoms with Gasteiger partial charge >= 0.3 is 11.9 Å². The third-order valence-corrected chi connectivity index (χ3v) is 6.73. The third kappa shape index (κ3) is 5.69. The van der Waals surface area contributed by atoms with Crippen LogP contribution in [0.1, 0.15) is 102 Å². The van der Waals surface area contributed by atoms with E-state index in [0.29, 0.717) is 11.4 Å². The predicted octanol–water partition coefficient (Wildman–Crippen LogP) is 6.91. The Morgan fingerprint density at radius 1 is 0.714 bits per heavy atom. The molecule has 0 fully saturated rings. The van der Waals surface area contributed by atoms with Gasteiger partial charge in [0.1, 0.15) is 0 Å². The van der Waals surface area contributed by atoms with Gasteiger partial charge in [0.15, 0.2) is 0 Å². The monoisotopic (exact) mass is 476 g/mol. The lowest BCUT2D eigenvalue weighted by Crippen LogP contribution is -2.26. The highest BCUT2D eigenvalue weighted by molar-refractivity contribution is 6.01. The van der Waals surface area contributed by atoms with Crippen LogP contribution in [-0.4, -0.2) is 23.4 Å². The van der Waals surface area contributed by atoms with Crippen molar-refractivity contribution in [1.29, 1.82) is 0 Å². The van der Waals surface area contributed by atoms with Crippen molar-refractivity contribution >= 4 is 23.4 Å². The average Bonchev–Trinajstić information content (AvgIpc) is 3.11. The first kappa shape index (κ1) is 26.3. The Morgan fingerprint density at radius 2 is 1.11 bits per heavy atom. The summed E-state index contributed by atoms with van der Waals surface area (Å²) in [5.41, 5.74) is 8.17. The minimum atomic E-state index is -0.434. The van der Waals surface area contributed by atoms with Gasteiger partial charge in [0.05, 0.1) is 11.4 Å². The molecule has 0 aliphatic heterocycles. The van der Waals surface area contributed by atoms with E-state index in [9.17, 15) is 9.59 Å². The second-order valence-electron chi connectivity index (χ2n) is 9.33. The summed E-state index contributed by atoms with van der Waals surface area (Å²) in [6.07, 6.45) is 6.51. The highest BCUT2D eigenvalue weighted by Crippen LogP contribution is 2.54. The normalized spacial score (nSPS) is 14.3. The van der Waals surface area contributed by atoms with E-state index in [0.717, 1.165) is 49.7 Å². The molecule has 1 aliphatic carbocycles. The van der Waals surface area contributed by atoms with Crippen molar-refractivity contribution < 1.29 is 19.3 Å². The Hall–Kier alpha value is -3.28. The lowest BCUT2D eigenvalue weighted by molar-refractivity contribution is -0.141. The summed E-state index contributed by atoms with van der Waals surface area (Å²) in [5.74, 6) is -0.868. The highest BCUT2D eigenvalue weighted by atomic mass is 16.7. The van der Waals surface area contributed by atoms with Crippen LogP contribution in [-0.2, 0) is 24.7 Å². The maximum Gasteiger partial charge on any atom is 0.331 e. The van der Waals surface area contributed by atoms with E-state index in [1.807, 2.05) is 26.0 Å². The zero-order valence-electron chi connectivity index (χ0n) is 21.7. The number of carbonyl (C=O) groups is 2. The molecule has 0 saturated carbocycles. The molecule has 6 heteroatoms. The van der Waals surface area contributed by atoms with Gasteiger partial charge in [0, 0.05) is 19.3 Å². The summed E-state index contributed by atoms with van der Waals surface area (Å²) in [6.45, 7) is 10.9. The molecular formula is C29H36N2O4. The van der Waals surface area contributed by atoms with Gasteiger partial charge in [-0.2, -0.15) is 0 Å². The Balaban J connectivity index is 2.19. The van der Waals surface area contributed by atoms with Crippen molar-refractivity contribution in [3.05, 3.63) is 58.7 Å². The van der Waals surface area contributed by atoms with E-state index in [-0.39, 0.29) is 5.41 Å². The Bertz CT molecular complexity index is 1070. The molecule has 0 atom stereocenters. The molecule has 1 aliphatic rings. The Kier molecular flexibility index (Phi) is 8.60. The summed E-state index contributed by atoms with van der Waals surface area (Å²) in [4.78, 5) is 32.3. The Morgan fingerprint density at radius 3 is 1.46 bits per heavy atom. The number of benzene rings is 2. The topological polar surface area (TPSA) is 77.3 Å². The number of oxime groups is 2. The first-order chi connectivity index (χ1) is 16.7. The number of unbranched alkanes of at least 4 members (excludes halogenated alkanes) is 2. The van der Waals surface area contributed by atoms with Crippen LogP contribution in [0.2, 0.25) is 0 Å². The molecule has 0 amide bonds. The van der Waals surface area contributed by atoms with Crippen LogP contribution in [0.25, 0.3) is 11.1 Å². The lowest BCUT2D eigenvalue weighted by Gasteiger charge is -2.33. The third-order valence-electron chi connectivity index (χ3n) is 6.73. The first-order valence-corrected chi connectivity index (χ1v) is 12.5. The molecule has 0 spiro atoms. The van der Waals surface area contributed by atoms with Gasteiger partial charge in [0.25, 0.3) is 0 Å². The van der Waals surface area contributed by atoms with Gasteiger partial charge in [-0.1, -0.05) is 74.1 Å². The summed E-state index contributed by atoms with van der Waals surface area (Å²) in [6, 6.07) is 12.9. The number of rotatable bonds is 10. The van der Waals surface area contributed by atoms with Crippen LogP contribution in [0.4, 0.5) is 0 Å². The predicted molar refractivity (Wildman–Crippen MR) is 140 cm³/mol. The van der Waals surface area contributed by atoms with E-state index in [2.05, 4.69) is 48.4 Å². The fourth-order valence-electron chi connectivity index (χ4n) is 4.94. The maximum atomic E-state index is 11.3. The van der Waals surface area contributed by atoms with Gasteiger partial charge in [-0.05, 0) is 72.2 Å². The minimum absolute atomic E-state index is 0.133. The summed E-state index contributed by atoms with van der Waals surface area (Å²) in [5, 5.41) is 8.05. The molecule has 2 aromatic carbocycles. The number of hydrogen-bond donors (Lipinski definition) is 0. The van der Waals surface area contributed by atoms with Crippen molar-refractivity contribution in [3.8, 4) is 11.1 Å². The van der Waals surface area contributed by atoms with Crippen LogP contribution in [0.5, 0.6) is 0 Å². The molecule has 0 heterocycles. The molecule has 2 aromatic rings. The van der Waals surface area contributed by atoms with Crippen molar-refractivity contribution in [3.63, 3.8) is 0 Å². The summed E-state index contributed by atoms with van der Waals surface area (Å²) >= 11 is 0. The van der Waals surface area contributed by atoms with Gasteiger partial charge in [-0.15, -0.1) is 0 Å². The number of carbonyl (C=O) groups excluding carboxylic acids is 2. The maximum absolute atomic E-state index is 11.3. The van der Waals surface area contributed by atoms with Crippen LogP contribution in [0.15, 0.2) is 46.7 Å². The standard InChI is InChI=1S/C29H36N2O4/c1-7-9-15-29(16-10-8-2)27-17-23(19(3)30-34-21(5)32)11-13-25(27)26-14-12-24(18-28(26)29)20(4)31-35-22(6)33/h11-14,17-18H,7-10,15-16H2,1-6H3/b30-19+,31-20+. The largest absolute Gasteiger partial charge is 0.331 e. The molecule has 3 rings (SSSR count). The second-order valence-corrected chi connectivity index (χ2v) is 9.33. The van der Waals surface area contributed by atoms with E-state index >= 15 is 0 Å². The second kappa shape index (κ2) is 11.4. The van der Waals surface area contributed by atoms with Crippen molar-refractivity contribution in [2.45, 2.75) is 85.5 Å². The van der Waals surface area contributed by atoms with Crippen LogP contribution in [0, 0.1) is 0 Å². The lowest BCUT2D eigenvalue weighted by atomic mass is 9.70. The van der Waals surface area contributed by atoms with Gasteiger partial charge in [-0.25, -0.2) is 9.59 Å². The van der Waals surface area contributed by atoms with Crippen molar-refractivity contribution in [2.75, 3.05) is 0 Å². The van der Waals surface area contributed by atoms with Gasteiger partial charge in [0.2, 0.25) is 0 Å². The first-order valence-electron chi connectivity index (χ1n) is 12.5. The molecular weight excluding hydrogens is 440 g/mol. The van der Waals surface area contributed by atoms with Crippen molar-refractivity contribution in [2.24, 2.45) is 10.3 Å². The van der Waals surface area contributed by atoms with E-state index in [1.54, 1.807) is 0 Å². The van der Waals surface area contributed by atoms with Gasteiger partial charge in [-0.3, -0.25) is 0 Å². The quantitative estimate of drug-likeness (QED) is 0.212. The average molecular weight is 477 g/mol. The van der Waals surface area contributed by atoms with E-state index < -0.39 is 11.9 Å². The van der Waals surface area contributed by atoms with Gasteiger partial charge < -0.3 is 9.68 Å². The molecule has 0 bridgehead atoms. The highest BCUT2D eigenvalue weighted by Gasteiger charge is 2.42. The SMILES string of the molecule is CCCCC1(CCCC)c2cc(/C(C)=N/OC(C)=O)ccc2-c2ccc(/C(C)=N/OC(C)=O)cc21. The molecule has 6 nitrogen and oxygen atoms in total. The minimum Gasteiger partial charge on any atom is -0.318 e. The molecule has 35 heavy (non-hydrogen) atoms. The fourth-order valence-corrected chi connectivity index (χ4v) is 4.94. The van der Waals surface area contributed by atoms with Crippen LogP contribution in [0.3, 0.4) is 0 Å². The number of nitrogens with zero attached hydrogens (tertiary/aromatic N) is 2. The smallest absolute Gasteiger partial charge is 0.318 e. The van der Waals surface area contributed by atoms with E-state index in [1.165, 1.54) is 36.1 Å². The number of fused-ring (bicyclic) bond motifs is 3. The zero-order chi connectivity index (χ0) is 25.6. The molecule has 0 radical (unpaired) electrons. The number of hydrogen-bond acceptors (Lipinski definition) is 6. The van der Waals surface area contributed by atoms with Crippen LogP contribution < -0.4 is 0 Å². The molecule has 0 saturated heterocycles.